The van der Waals surface area contributed by atoms with Gasteiger partial charge in [-0.2, -0.15) is 5.10 Å². The summed E-state index contributed by atoms with van der Waals surface area (Å²) in [5.74, 6) is 0. The molecule has 0 amide bonds. The van der Waals surface area contributed by atoms with Crippen LogP contribution in [0.15, 0.2) is 17.3 Å². The minimum Gasteiger partial charge on any atom is -0.313 e. The Labute approximate surface area is 121 Å². The molecule has 20 heavy (non-hydrogen) atoms. The second-order valence-corrected chi connectivity index (χ2v) is 7.95. The normalized spacial score (nSPS) is 17.6. The summed E-state index contributed by atoms with van der Waals surface area (Å²) < 4.78 is 28.6. The fourth-order valence-corrected chi connectivity index (χ4v) is 2.97. The molecule has 2 N–H and O–H groups in total. The van der Waals surface area contributed by atoms with E-state index in [-0.39, 0.29) is 10.3 Å². The van der Waals surface area contributed by atoms with Gasteiger partial charge in [0.2, 0.25) is 10.0 Å². The first-order valence-electron chi connectivity index (χ1n) is 7.06. The molecule has 0 aliphatic heterocycles. The van der Waals surface area contributed by atoms with E-state index >= 15 is 0 Å². The molecule has 2 rings (SSSR count). The van der Waals surface area contributed by atoms with E-state index in [1.165, 1.54) is 6.20 Å². The zero-order chi connectivity index (χ0) is 14.8. The number of hydrogen-bond donors (Lipinski definition) is 2. The number of nitrogens with one attached hydrogen (secondary N) is 2. The van der Waals surface area contributed by atoms with E-state index in [0.717, 1.165) is 19.4 Å². The molecule has 0 spiro atoms. The Morgan fingerprint density at radius 3 is 2.75 bits per heavy atom. The second-order valence-electron chi connectivity index (χ2n) is 6.18. The average Bonchev–Trinajstić information content (AvgIpc) is 2.89. The number of rotatable bonds is 8. The van der Waals surface area contributed by atoms with Gasteiger partial charge < -0.3 is 5.32 Å². The van der Waals surface area contributed by atoms with Crippen LogP contribution < -0.4 is 10.0 Å². The van der Waals surface area contributed by atoms with Crippen LogP contribution in [0.25, 0.3) is 0 Å². The lowest BCUT2D eigenvalue weighted by Crippen LogP contribution is -2.29. The van der Waals surface area contributed by atoms with Crippen LogP contribution >= 0.6 is 0 Å². The number of hydrogen-bond acceptors (Lipinski definition) is 4. The molecule has 6 nitrogen and oxygen atoms in total. The third-order valence-electron chi connectivity index (χ3n) is 3.61. The minimum atomic E-state index is -3.43. The molecule has 0 saturated heterocycles. The van der Waals surface area contributed by atoms with Crippen LogP contribution in [-0.2, 0) is 16.6 Å². The third kappa shape index (κ3) is 4.29. The SMILES string of the molecule is CC(C)NCCn1cc(S(=O)(=O)NCC2(C)CC2)cn1. The van der Waals surface area contributed by atoms with Crippen LogP contribution in [0.1, 0.15) is 33.6 Å². The van der Waals surface area contributed by atoms with Crippen LogP contribution in [-0.4, -0.2) is 37.3 Å². The Morgan fingerprint density at radius 2 is 2.15 bits per heavy atom. The standard InChI is InChI=1S/C13H24N4O2S/c1-11(2)14-6-7-17-9-12(8-15-17)20(18,19)16-10-13(3)4-5-13/h8-9,11,14,16H,4-7,10H2,1-3H3. The summed E-state index contributed by atoms with van der Waals surface area (Å²) in [6.45, 7) is 8.17. The molecule has 1 heterocycles. The Hall–Kier alpha value is -0.920. The van der Waals surface area contributed by atoms with E-state index in [4.69, 9.17) is 0 Å². The summed E-state index contributed by atoms with van der Waals surface area (Å²) >= 11 is 0. The van der Waals surface area contributed by atoms with Crippen molar-refractivity contribution in [2.24, 2.45) is 5.41 Å². The van der Waals surface area contributed by atoms with Crippen molar-refractivity contribution in [3.63, 3.8) is 0 Å². The summed E-state index contributed by atoms with van der Waals surface area (Å²) in [5.41, 5.74) is 0.157. The van der Waals surface area contributed by atoms with Gasteiger partial charge in [-0.05, 0) is 18.3 Å². The van der Waals surface area contributed by atoms with Gasteiger partial charge in [0.25, 0.3) is 0 Å². The smallest absolute Gasteiger partial charge is 0.243 e. The van der Waals surface area contributed by atoms with Crippen LogP contribution in [0.4, 0.5) is 0 Å². The summed E-state index contributed by atoms with van der Waals surface area (Å²) in [6.07, 6.45) is 5.18. The van der Waals surface area contributed by atoms with Crippen molar-refractivity contribution >= 4 is 10.0 Å². The predicted molar refractivity (Wildman–Crippen MR) is 77.9 cm³/mol. The first-order valence-corrected chi connectivity index (χ1v) is 8.55. The van der Waals surface area contributed by atoms with E-state index < -0.39 is 10.0 Å². The summed E-state index contributed by atoms with van der Waals surface area (Å²) in [7, 11) is -3.43. The van der Waals surface area contributed by atoms with Gasteiger partial charge in [-0.3, -0.25) is 4.68 Å². The Balaban J connectivity index is 1.89. The first-order chi connectivity index (χ1) is 9.31. The van der Waals surface area contributed by atoms with Crippen LogP contribution in [0.3, 0.4) is 0 Å². The van der Waals surface area contributed by atoms with Crippen molar-refractivity contribution < 1.29 is 8.42 Å². The minimum absolute atomic E-state index is 0.157. The van der Waals surface area contributed by atoms with Crippen molar-refractivity contribution in [3.05, 3.63) is 12.4 Å². The fourth-order valence-electron chi connectivity index (χ4n) is 1.82. The van der Waals surface area contributed by atoms with Gasteiger partial charge in [0.1, 0.15) is 4.90 Å². The van der Waals surface area contributed by atoms with E-state index in [9.17, 15) is 8.42 Å². The molecule has 1 aromatic heterocycles. The van der Waals surface area contributed by atoms with Crippen LogP contribution in [0, 0.1) is 5.41 Å². The largest absolute Gasteiger partial charge is 0.313 e. The van der Waals surface area contributed by atoms with Crippen molar-refractivity contribution in [2.75, 3.05) is 13.1 Å². The van der Waals surface area contributed by atoms with Crippen molar-refractivity contribution in [3.8, 4) is 0 Å². The lowest BCUT2D eigenvalue weighted by Gasteiger charge is -2.09. The maximum Gasteiger partial charge on any atom is 0.243 e. The molecule has 1 aliphatic carbocycles. The highest BCUT2D eigenvalue weighted by Gasteiger charge is 2.38. The highest BCUT2D eigenvalue weighted by molar-refractivity contribution is 7.89. The first kappa shape index (κ1) is 15.5. The molecule has 0 radical (unpaired) electrons. The topological polar surface area (TPSA) is 76.0 Å². The predicted octanol–water partition coefficient (Wildman–Crippen LogP) is 0.960. The maximum absolute atomic E-state index is 12.1. The second kappa shape index (κ2) is 5.83. The van der Waals surface area contributed by atoms with Crippen molar-refractivity contribution in [1.82, 2.24) is 19.8 Å². The van der Waals surface area contributed by atoms with Gasteiger partial charge in [0.15, 0.2) is 0 Å². The van der Waals surface area contributed by atoms with E-state index in [1.54, 1.807) is 10.9 Å². The monoisotopic (exact) mass is 300 g/mol. The quantitative estimate of drug-likeness (QED) is 0.750. The van der Waals surface area contributed by atoms with Gasteiger partial charge >= 0.3 is 0 Å². The number of nitrogens with zero attached hydrogens (tertiary/aromatic N) is 2. The van der Waals surface area contributed by atoms with E-state index in [0.29, 0.717) is 19.1 Å². The average molecular weight is 300 g/mol. The Bertz CT molecular complexity index is 546. The molecular formula is C13H24N4O2S. The maximum atomic E-state index is 12.1. The van der Waals surface area contributed by atoms with E-state index in [1.807, 2.05) is 0 Å². The van der Waals surface area contributed by atoms with Crippen molar-refractivity contribution in [1.29, 1.82) is 0 Å². The van der Waals surface area contributed by atoms with E-state index in [2.05, 4.69) is 35.9 Å². The molecule has 114 valence electrons. The summed E-state index contributed by atoms with van der Waals surface area (Å²) in [6, 6.07) is 0.412. The summed E-state index contributed by atoms with van der Waals surface area (Å²) in [4.78, 5) is 0.242. The number of sulfonamides is 1. The molecule has 7 heteroatoms. The van der Waals surface area contributed by atoms with Gasteiger partial charge in [0.05, 0.1) is 12.7 Å². The molecule has 0 atom stereocenters. The zero-order valence-electron chi connectivity index (χ0n) is 12.4. The lowest BCUT2D eigenvalue weighted by atomic mass is 10.2. The Morgan fingerprint density at radius 1 is 1.45 bits per heavy atom. The zero-order valence-corrected chi connectivity index (χ0v) is 13.2. The molecule has 1 fully saturated rings. The van der Waals surface area contributed by atoms with Gasteiger partial charge in [-0.15, -0.1) is 0 Å². The molecule has 1 saturated carbocycles. The van der Waals surface area contributed by atoms with Gasteiger partial charge in [-0.25, -0.2) is 13.1 Å². The van der Waals surface area contributed by atoms with Crippen LogP contribution in [0.2, 0.25) is 0 Å². The van der Waals surface area contributed by atoms with Crippen molar-refractivity contribution in [2.45, 2.75) is 51.1 Å². The van der Waals surface area contributed by atoms with Crippen LogP contribution in [0.5, 0.6) is 0 Å². The van der Waals surface area contributed by atoms with Gasteiger partial charge in [-0.1, -0.05) is 20.8 Å². The molecule has 1 aliphatic rings. The number of aromatic nitrogens is 2. The highest BCUT2D eigenvalue weighted by Crippen LogP contribution is 2.44. The highest BCUT2D eigenvalue weighted by atomic mass is 32.2. The fraction of sp³-hybridized carbons (Fsp3) is 0.769. The van der Waals surface area contributed by atoms with Gasteiger partial charge in [0, 0.05) is 25.3 Å². The lowest BCUT2D eigenvalue weighted by molar-refractivity contribution is 0.514. The molecule has 0 unspecified atom stereocenters. The molecular weight excluding hydrogens is 276 g/mol. The summed E-state index contributed by atoms with van der Waals surface area (Å²) in [5, 5.41) is 7.37. The third-order valence-corrected chi connectivity index (χ3v) is 4.96. The molecule has 0 aromatic carbocycles. The Kier molecular flexibility index (Phi) is 4.51. The molecule has 1 aromatic rings. The molecule has 0 bridgehead atoms.